The second kappa shape index (κ2) is 10.1. The first-order valence-electron chi connectivity index (χ1n) is 9.79. The van der Waals surface area contributed by atoms with Gasteiger partial charge in [-0.1, -0.05) is 30.3 Å². The molecule has 0 spiro atoms. The first-order chi connectivity index (χ1) is 12.5. The number of piperidine rings is 1. The summed E-state index contributed by atoms with van der Waals surface area (Å²) in [7, 11) is 0. The predicted molar refractivity (Wildman–Crippen MR) is 108 cm³/mol. The maximum atomic E-state index is 12.6. The number of ether oxygens (including phenoxy) is 1. The van der Waals surface area contributed by atoms with E-state index >= 15 is 0 Å². The normalized spacial score (nSPS) is 24.8. The van der Waals surface area contributed by atoms with Crippen LogP contribution in [0.1, 0.15) is 64.0 Å². The van der Waals surface area contributed by atoms with Crippen molar-refractivity contribution in [2.45, 2.75) is 76.6 Å². The summed E-state index contributed by atoms with van der Waals surface area (Å²) in [6.45, 7) is 3.67. The van der Waals surface area contributed by atoms with E-state index in [9.17, 15) is 9.59 Å². The Kier molecular flexibility index (Phi) is 8.11. The third kappa shape index (κ3) is 6.51. The number of fused-ring (bicyclic) bond motifs is 2. The lowest BCUT2D eigenvalue weighted by Gasteiger charge is -2.29. The zero-order valence-corrected chi connectivity index (χ0v) is 17.0. The summed E-state index contributed by atoms with van der Waals surface area (Å²) in [5.74, 6) is 0.185. The zero-order chi connectivity index (χ0) is 18.5. The van der Waals surface area contributed by atoms with E-state index in [1.807, 2.05) is 44.2 Å². The van der Waals surface area contributed by atoms with Crippen LogP contribution >= 0.6 is 12.4 Å². The van der Waals surface area contributed by atoms with Crippen LogP contribution in [0.3, 0.4) is 0 Å². The topological polar surface area (TPSA) is 67.4 Å². The van der Waals surface area contributed by atoms with Gasteiger partial charge < -0.3 is 15.4 Å². The highest BCUT2D eigenvalue weighted by Gasteiger charge is 2.34. The van der Waals surface area contributed by atoms with Gasteiger partial charge in [0.05, 0.1) is 18.6 Å². The Balaban J connectivity index is 0.00000261. The molecular formula is C21H31ClN2O3. The average molecular weight is 395 g/mol. The van der Waals surface area contributed by atoms with Crippen molar-refractivity contribution in [1.82, 2.24) is 10.6 Å². The SMILES string of the molecule is CC(C)OC(=O)CC(NC(=O)CC1CC2CCC(C1)N2)c1ccccc1.Cl. The molecule has 1 aromatic carbocycles. The minimum atomic E-state index is -0.339. The lowest BCUT2D eigenvalue weighted by molar-refractivity contribution is -0.148. The Bertz CT molecular complexity index is 611. The molecule has 3 atom stereocenters. The second-order valence-corrected chi connectivity index (χ2v) is 7.95. The van der Waals surface area contributed by atoms with E-state index in [2.05, 4.69) is 10.6 Å². The van der Waals surface area contributed by atoms with Gasteiger partial charge in [0.2, 0.25) is 5.91 Å². The summed E-state index contributed by atoms with van der Waals surface area (Å²) in [5, 5.41) is 6.69. The number of esters is 1. The van der Waals surface area contributed by atoms with Crippen molar-refractivity contribution in [3.05, 3.63) is 35.9 Å². The number of benzene rings is 1. The van der Waals surface area contributed by atoms with E-state index in [0.29, 0.717) is 24.4 Å². The smallest absolute Gasteiger partial charge is 0.308 e. The van der Waals surface area contributed by atoms with E-state index in [0.717, 1.165) is 18.4 Å². The molecule has 0 radical (unpaired) electrons. The molecule has 3 unspecified atom stereocenters. The van der Waals surface area contributed by atoms with Gasteiger partial charge in [-0.25, -0.2) is 0 Å². The maximum Gasteiger partial charge on any atom is 0.308 e. The third-order valence-corrected chi connectivity index (χ3v) is 5.32. The molecule has 150 valence electrons. The number of nitrogens with one attached hydrogen (secondary N) is 2. The van der Waals surface area contributed by atoms with Gasteiger partial charge >= 0.3 is 5.97 Å². The lowest BCUT2D eigenvalue weighted by Crippen LogP contribution is -2.40. The molecule has 0 aliphatic carbocycles. The predicted octanol–water partition coefficient (Wildman–Crippen LogP) is 3.53. The van der Waals surface area contributed by atoms with Gasteiger partial charge in [0.1, 0.15) is 0 Å². The summed E-state index contributed by atoms with van der Waals surface area (Å²) in [6.07, 6.45) is 5.17. The summed E-state index contributed by atoms with van der Waals surface area (Å²) in [6, 6.07) is 10.5. The van der Waals surface area contributed by atoms with Crippen LogP contribution < -0.4 is 10.6 Å². The molecule has 2 fully saturated rings. The molecule has 0 aromatic heterocycles. The molecule has 6 heteroatoms. The average Bonchev–Trinajstić information content (AvgIpc) is 2.93. The van der Waals surface area contributed by atoms with E-state index in [4.69, 9.17) is 4.74 Å². The van der Waals surface area contributed by atoms with Gasteiger partial charge in [-0.2, -0.15) is 0 Å². The van der Waals surface area contributed by atoms with E-state index in [1.165, 1.54) is 12.8 Å². The molecule has 2 N–H and O–H groups in total. The van der Waals surface area contributed by atoms with Crippen molar-refractivity contribution in [2.24, 2.45) is 5.92 Å². The summed E-state index contributed by atoms with van der Waals surface area (Å²) >= 11 is 0. The maximum absolute atomic E-state index is 12.6. The summed E-state index contributed by atoms with van der Waals surface area (Å²) in [4.78, 5) is 24.8. The van der Waals surface area contributed by atoms with Crippen LogP contribution in [-0.4, -0.2) is 30.1 Å². The van der Waals surface area contributed by atoms with Crippen LogP contribution in [-0.2, 0) is 14.3 Å². The summed E-state index contributed by atoms with van der Waals surface area (Å²) in [5.41, 5.74) is 0.937. The summed E-state index contributed by atoms with van der Waals surface area (Å²) < 4.78 is 5.27. The molecule has 2 aliphatic rings. The minimum Gasteiger partial charge on any atom is -0.463 e. The highest BCUT2D eigenvalue weighted by molar-refractivity contribution is 5.85. The van der Waals surface area contributed by atoms with Gasteiger partial charge in [0.15, 0.2) is 0 Å². The standard InChI is InChI=1S/C21H30N2O3.ClH/c1-14(2)26-21(25)13-19(16-6-4-3-5-7-16)23-20(24)12-15-10-17-8-9-18(11-15)22-17;/h3-7,14-15,17-19,22H,8-13H2,1-2H3,(H,23,24);1H. The molecule has 2 heterocycles. The van der Waals surface area contributed by atoms with Gasteiger partial charge in [0, 0.05) is 18.5 Å². The molecular weight excluding hydrogens is 364 g/mol. The first-order valence-corrected chi connectivity index (χ1v) is 9.79. The molecule has 3 rings (SSSR count). The van der Waals surface area contributed by atoms with Gasteiger partial charge in [-0.3, -0.25) is 9.59 Å². The monoisotopic (exact) mass is 394 g/mol. The molecule has 2 aliphatic heterocycles. The van der Waals surface area contributed by atoms with Gasteiger partial charge in [0.25, 0.3) is 0 Å². The Morgan fingerprint density at radius 3 is 2.37 bits per heavy atom. The molecule has 1 amide bonds. The Morgan fingerprint density at radius 2 is 1.78 bits per heavy atom. The highest BCUT2D eigenvalue weighted by atomic mass is 35.5. The van der Waals surface area contributed by atoms with Crippen LogP contribution in [0.5, 0.6) is 0 Å². The Morgan fingerprint density at radius 1 is 1.15 bits per heavy atom. The Labute approximate surface area is 168 Å². The van der Waals surface area contributed by atoms with Crippen molar-refractivity contribution in [1.29, 1.82) is 0 Å². The molecule has 0 saturated carbocycles. The van der Waals surface area contributed by atoms with E-state index < -0.39 is 0 Å². The fourth-order valence-corrected chi connectivity index (χ4v) is 4.27. The zero-order valence-electron chi connectivity index (χ0n) is 16.1. The second-order valence-electron chi connectivity index (χ2n) is 7.95. The largest absolute Gasteiger partial charge is 0.463 e. The molecule has 1 aromatic rings. The number of carbonyl (C=O) groups is 2. The van der Waals surface area contributed by atoms with Crippen LogP contribution in [0.15, 0.2) is 30.3 Å². The first kappa shape index (κ1) is 21.7. The van der Waals surface area contributed by atoms with E-state index in [-0.39, 0.29) is 42.9 Å². The van der Waals surface area contributed by atoms with Crippen molar-refractivity contribution < 1.29 is 14.3 Å². The van der Waals surface area contributed by atoms with Crippen molar-refractivity contribution in [3.63, 3.8) is 0 Å². The number of carbonyl (C=O) groups excluding carboxylic acids is 2. The van der Waals surface area contributed by atoms with Crippen LogP contribution in [0, 0.1) is 5.92 Å². The fourth-order valence-electron chi connectivity index (χ4n) is 4.27. The minimum absolute atomic E-state index is 0. The third-order valence-electron chi connectivity index (χ3n) is 5.32. The highest BCUT2D eigenvalue weighted by Crippen LogP contribution is 2.32. The molecule has 2 saturated heterocycles. The Hall–Kier alpha value is -1.59. The lowest BCUT2D eigenvalue weighted by atomic mass is 9.89. The molecule has 27 heavy (non-hydrogen) atoms. The van der Waals surface area contributed by atoms with Crippen molar-refractivity contribution in [2.75, 3.05) is 0 Å². The van der Waals surface area contributed by atoms with Crippen LogP contribution in [0.25, 0.3) is 0 Å². The quantitative estimate of drug-likeness (QED) is 0.694. The van der Waals surface area contributed by atoms with Gasteiger partial charge in [-0.05, 0) is 51.0 Å². The van der Waals surface area contributed by atoms with Crippen LogP contribution in [0.2, 0.25) is 0 Å². The molecule has 5 nitrogen and oxygen atoms in total. The van der Waals surface area contributed by atoms with Crippen molar-refractivity contribution >= 4 is 24.3 Å². The van der Waals surface area contributed by atoms with Crippen LogP contribution in [0.4, 0.5) is 0 Å². The van der Waals surface area contributed by atoms with Gasteiger partial charge in [-0.15, -0.1) is 12.4 Å². The number of amides is 1. The number of hydrogen-bond acceptors (Lipinski definition) is 4. The fraction of sp³-hybridized carbons (Fsp3) is 0.619. The molecule has 2 bridgehead atoms. The van der Waals surface area contributed by atoms with Crippen molar-refractivity contribution in [3.8, 4) is 0 Å². The number of rotatable bonds is 7. The van der Waals surface area contributed by atoms with E-state index in [1.54, 1.807) is 0 Å². The number of hydrogen-bond donors (Lipinski definition) is 2. The number of halogens is 1.